The van der Waals surface area contributed by atoms with Gasteiger partial charge in [-0.15, -0.1) is 0 Å². The van der Waals surface area contributed by atoms with E-state index in [4.69, 9.17) is 9.47 Å². The third-order valence-corrected chi connectivity index (χ3v) is 5.62. The number of urea groups is 1. The van der Waals surface area contributed by atoms with Crippen molar-refractivity contribution >= 4 is 11.7 Å². The van der Waals surface area contributed by atoms with Gasteiger partial charge in [-0.1, -0.05) is 30.3 Å². The van der Waals surface area contributed by atoms with E-state index in [-0.39, 0.29) is 12.3 Å². The van der Waals surface area contributed by atoms with Crippen LogP contribution in [0.4, 0.5) is 19.3 Å². The van der Waals surface area contributed by atoms with Crippen LogP contribution in [0.2, 0.25) is 0 Å². The Bertz CT molecular complexity index is 1130. The summed E-state index contributed by atoms with van der Waals surface area (Å²) in [5, 5.41) is 20.4. The zero-order valence-corrected chi connectivity index (χ0v) is 16.7. The molecule has 2 amide bonds. The Morgan fingerprint density at radius 1 is 1.16 bits per heavy atom. The normalized spacial score (nSPS) is 26.7. The molecule has 2 fully saturated rings. The van der Waals surface area contributed by atoms with E-state index in [1.807, 2.05) is 30.3 Å². The molecule has 10 heteroatoms. The average molecular weight is 442 g/mol. The van der Waals surface area contributed by atoms with Crippen LogP contribution in [0.3, 0.4) is 0 Å². The number of rotatable bonds is 4. The van der Waals surface area contributed by atoms with Crippen LogP contribution in [0.15, 0.2) is 60.9 Å². The van der Waals surface area contributed by atoms with Gasteiger partial charge in [-0.05, 0) is 17.7 Å². The van der Waals surface area contributed by atoms with E-state index in [0.29, 0.717) is 6.07 Å². The molecule has 5 atom stereocenters. The molecule has 166 valence electrons. The van der Waals surface area contributed by atoms with Crippen molar-refractivity contribution in [2.24, 2.45) is 0 Å². The van der Waals surface area contributed by atoms with Crippen LogP contribution in [-0.4, -0.2) is 52.1 Å². The number of ether oxygens (including phenoxy) is 2. The van der Waals surface area contributed by atoms with Crippen molar-refractivity contribution in [2.75, 3.05) is 11.9 Å². The number of benzene rings is 2. The number of carbonyl (C=O) groups is 1. The molecule has 2 aliphatic heterocycles. The van der Waals surface area contributed by atoms with E-state index < -0.39 is 48.2 Å². The molecule has 2 aromatic carbocycles. The van der Waals surface area contributed by atoms with Gasteiger partial charge in [0, 0.05) is 17.8 Å². The van der Waals surface area contributed by atoms with Crippen LogP contribution in [-0.2, 0) is 9.47 Å². The Labute approximate surface area is 181 Å². The highest BCUT2D eigenvalue weighted by atomic mass is 19.1. The van der Waals surface area contributed by atoms with Crippen molar-refractivity contribution in [1.29, 1.82) is 0 Å². The second-order valence-corrected chi connectivity index (χ2v) is 7.68. The predicted octanol–water partition coefficient (Wildman–Crippen LogP) is 2.68. The molecule has 2 aliphatic rings. The van der Waals surface area contributed by atoms with E-state index in [0.717, 1.165) is 23.3 Å². The molecule has 1 aromatic heterocycles. The number of amides is 2. The highest BCUT2D eigenvalue weighted by molar-refractivity contribution is 5.89. The van der Waals surface area contributed by atoms with Crippen molar-refractivity contribution in [1.82, 2.24) is 15.1 Å². The number of nitrogens with zero attached hydrogens (tertiary/aromatic N) is 2. The lowest BCUT2D eigenvalue weighted by atomic mass is 9.96. The molecule has 3 N–H and O–H groups in total. The average Bonchev–Trinajstić information content (AvgIpc) is 3.43. The first kappa shape index (κ1) is 20.6. The quantitative estimate of drug-likeness (QED) is 0.577. The number of hydrogen-bond donors (Lipinski definition) is 3. The second-order valence-electron chi connectivity index (χ2n) is 7.68. The van der Waals surface area contributed by atoms with E-state index in [2.05, 4.69) is 15.7 Å². The highest BCUT2D eigenvalue weighted by Gasteiger charge is 2.52. The van der Waals surface area contributed by atoms with E-state index in [9.17, 15) is 18.7 Å². The van der Waals surface area contributed by atoms with Gasteiger partial charge in [-0.3, -0.25) is 4.68 Å². The highest BCUT2D eigenvalue weighted by Crippen LogP contribution is 2.36. The molecule has 3 aromatic rings. The fourth-order valence-corrected chi connectivity index (χ4v) is 4.04. The molecule has 3 heterocycles. The number of aromatic nitrogens is 2. The summed E-state index contributed by atoms with van der Waals surface area (Å²) in [6, 6.07) is 10.1. The van der Waals surface area contributed by atoms with Crippen LogP contribution in [0.25, 0.3) is 11.1 Å². The molecule has 2 bridgehead atoms. The summed E-state index contributed by atoms with van der Waals surface area (Å²) < 4.78 is 40.0. The SMILES string of the molecule is O=C(Nc1ccc(F)cc1F)NC1C2COC(O2)C(n2cc(-c3ccccc3)cn2)C1O. The fraction of sp³-hybridized carbons (Fsp3) is 0.273. The maximum atomic E-state index is 13.9. The molecule has 5 rings (SSSR count). The maximum absolute atomic E-state index is 13.9. The van der Waals surface area contributed by atoms with Gasteiger partial charge in [0.15, 0.2) is 6.29 Å². The van der Waals surface area contributed by atoms with Crippen molar-refractivity contribution < 1.29 is 28.2 Å². The van der Waals surface area contributed by atoms with Crippen LogP contribution in [0, 0.1) is 11.6 Å². The zero-order valence-electron chi connectivity index (χ0n) is 16.7. The summed E-state index contributed by atoms with van der Waals surface area (Å²) in [5.74, 6) is -1.66. The molecule has 2 saturated heterocycles. The van der Waals surface area contributed by atoms with Gasteiger partial charge in [-0.25, -0.2) is 13.6 Å². The molecule has 0 aliphatic carbocycles. The largest absolute Gasteiger partial charge is 0.388 e. The number of nitrogens with one attached hydrogen (secondary N) is 2. The van der Waals surface area contributed by atoms with Gasteiger partial charge < -0.3 is 25.2 Å². The topological polar surface area (TPSA) is 97.6 Å². The second kappa shape index (κ2) is 8.30. The van der Waals surface area contributed by atoms with Gasteiger partial charge in [0.25, 0.3) is 0 Å². The lowest BCUT2D eigenvalue weighted by Crippen LogP contribution is -2.59. The van der Waals surface area contributed by atoms with Gasteiger partial charge in [0.2, 0.25) is 0 Å². The van der Waals surface area contributed by atoms with Gasteiger partial charge >= 0.3 is 6.03 Å². The number of anilines is 1. The molecule has 8 nitrogen and oxygen atoms in total. The summed E-state index contributed by atoms with van der Waals surface area (Å²) in [4.78, 5) is 12.5. The third kappa shape index (κ3) is 3.83. The summed E-state index contributed by atoms with van der Waals surface area (Å²) in [6.07, 6.45) is 1.05. The summed E-state index contributed by atoms with van der Waals surface area (Å²) >= 11 is 0. The molecule has 0 saturated carbocycles. The van der Waals surface area contributed by atoms with Crippen molar-refractivity contribution in [3.63, 3.8) is 0 Å². The molecule has 5 unspecified atom stereocenters. The minimum Gasteiger partial charge on any atom is -0.388 e. The smallest absolute Gasteiger partial charge is 0.319 e. The third-order valence-electron chi connectivity index (χ3n) is 5.62. The standard InChI is InChI=1S/C22H20F2N4O4/c23-14-6-7-16(15(24)8-14)26-22(30)27-18-17-11-31-21(32-17)19(20(18)29)28-10-13(9-25-28)12-4-2-1-3-5-12/h1-10,17-21,29H,11H2,(H2,26,27,30). The minimum absolute atomic E-state index is 0.168. The lowest BCUT2D eigenvalue weighted by Gasteiger charge is -2.38. The minimum atomic E-state index is -1.09. The number of aliphatic hydroxyl groups excluding tert-OH is 1. The first-order valence-electron chi connectivity index (χ1n) is 10.1. The van der Waals surface area contributed by atoms with E-state index in [1.54, 1.807) is 17.1 Å². The number of carbonyl (C=O) groups excluding carboxylic acids is 1. The van der Waals surface area contributed by atoms with Crippen LogP contribution < -0.4 is 10.6 Å². The maximum Gasteiger partial charge on any atom is 0.319 e. The lowest BCUT2D eigenvalue weighted by molar-refractivity contribution is -0.166. The summed E-state index contributed by atoms with van der Waals surface area (Å²) in [7, 11) is 0. The van der Waals surface area contributed by atoms with Gasteiger partial charge in [-0.2, -0.15) is 5.10 Å². The molecular formula is C22H20F2N4O4. The van der Waals surface area contributed by atoms with Crippen molar-refractivity contribution in [2.45, 2.75) is 30.6 Å². The number of halogens is 2. The Kier molecular flexibility index (Phi) is 5.33. The van der Waals surface area contributed by atoms with E-state index >= 15 is 0 Å². The zero-order chi connectivity index (χ0) is 22.2. The molecule has 0 spiro atoms. The molecule has 0 radical (unpaired) electrons. The number of aliphatic hydroxyl groups is 1. The monoisotopic (exact) mass is 442 g/mol. The van der Waals surface area contributed by atoms with Crippen LogP contribution in [0.5, 0.6) is 0 Å². The molecular weight excluding hydrogens is 422 g/mol. The predicted molar refractivity (Wildman–Crippen MR) is 110 cm³/mol. The van der Waals surface area contributed by atoms with Crippen LogP contribution >= 0.6 is 0 Å². The Morgan fingerprint density at radius 2 is 1.97 bits per heavy atom. The van der Waals surface area contributed by atoms with E-state index in [1.165, 1.54) is 0 Å². The number of fused-ring (bicyclic) bond motifs is 2. The number of hydrogen-bond acceptors (Lipinski definition) is 5. The summed E-state index contributed by atoms with van der Waals surface area (Å²) in [5.41, 5.74) is 1.63. The Hall–Kier alpha value is -3.34. The molecule has 32 heavy (non-hydrogen) atoms. The van der Waals surface area contributed by atoms with Crippen molar-refractivity contribution in [3.05, 3.63) is 72.6 Å². The summed E-state index contributed by atoms with van der Waals surface area (Å²) in [6.45, 7) is 0.168. The van der Waals surface area contributed by atoms with Crippen LogP contribution in [0.1, 0.15) is 6.04 Å². The Morgan fingerprint density at radius 3 is 2.75 bits per heavy atom. The van der Waals surface area contributed by atoms with Gasteiger partial charge in [0.1, 0.15) is 29.9 Å². The Balaban J connectivity index is 1.33. The fourth-order valence-electron chi connectivity index (χ4n) is 4.04. The first-order valence-corrected chi connectivity index (χ1v) is 10.1. The van der Waals surface area contributed by atoms with Crippen molar-refractivity contribution in [3.8, 4) is 11.1 Å². The van der Waals surface area contributed by atoms with Gasteiger partial charge in [0.05, 0.1) is 24.5 Å². The first-order chi connectivity index (χ1) is 15.5.